The number of rotatable bonds is 6. The number of para-hydroxylation sites is 1. The Bertz CT molecular complexity index is 1400. The first-order chi connectivity index (χ1) is 17.5. The van der Waals surface area contributed by atoms with Gasteiger partial charge in [0.1, 0.15) is 0 Å². The van der Waals surface area contributed by atoms with Crippen molar-refractivity contribution in [1.82, 2.24) is 14.8 Å². The van der Waals surface area contributed by atoms with Gasteiger partial charge in [0, 0.05) is 55.6 Å². The average molecular weight is 538 g/mol. The van der Waals surface area contributed by atoms with Gasteiger partial charge in [0.15, 0.2) is 0 Å². The third kappa shape index (κ3) is 5.62. The van der Waals surface area contributed by atoms with E-state index in [0.717, 1.165) is 52.2 Å². The van der Waals surface area contributed by atoms with E-state index in [9.17, 15) is 4.79 Å². The molecule has 3 aromatic carbocycles. The first kappa shape index (κ1) is 24.9. The number of anilines is 1. The van der Waals surface area contributed by atoms with Crippen molar-refractivity contribution < 1.29 is 4.79 Å². The highest BCUT2D eigenvalue weighted by Gasteiger charge is 2.22. The molecule has 5 nitrogen and oxygen atoms in total. The van der Waals surface area contributed by atoms with Gasteiger partial charge < -0.3 is 9.62 Å². The number of carbonyl (C=O) groups excluding carboxylic acids is 1. The second kappa shape index (κ2) is 11.1. The Kier molecular flexibility index (Phi) is 7.67. The van der Waals surface area contributed by atoms with E-state index in [4.69, 9.17) is 23.2 Å². The highest BCUT2D eigenvalue weighted by Crippen LogP contribution is 2.29. The van der Waals surface area contributed by atoms with E-state index in [1.165, 1.54) is 11.9 Å². The number of hydrogen-bond donors (Lipinski definition) is 1. The minimum atomic E-state index is 0.0738. The number of nitrogens with one attached hydrogen (secondary N) is 1. The van der Waals surface area contributed by atoms with E-state index < -0.39 is 0 Å². The zero-order valence-electron chi connectivity index (χ0n) is 19.9. The van der Waals surface area contributed by atoms with Crippen molar-refractivity contribution in [2.75, 3.05) is 30.9 Å². The smallest absolute Gasteiger partial charge is 0.253 e. The molecule has 0 spiro atoms. The van der Waals surface area contributed by atoms with E-state index in [0.29, 0.717) is 28.7 Å². The SMILES string of the molecule is Cc1cc(C(=O)N2CCN(Cc3ccc(Cl)c(Cl)c3)CC2)ccc1NSc1cccc2cccnc12. The highest BCUT2D eigenvalue weighted by atomic mass is 35.5. The minimum Gasteiger partial charge on any atom is -0.336 e. The predicted octanol–water partition coefficient (Wildman–Crippen LogP) is 6.93. The molecule has 0 unspecified atom stereocenters. The topological polar surface area (TPSA) is 48.5 Å². The van der Waals surface area contributed by atoms with Crippen LogP contribution < -0.4 is 4.72 Å². The van der Waals surface area contributed by atoms with E-state index in [1.54, 1.807) is 0 Å². The van der Waals surface area contributed by atoms with Crippen LogP contribution in [0.5, 0.6) is 0 Å². The summed E-state index contributed by atoms with van der Waals surface area (Å²) in [6, 6.07) is 21.8. The molecular formula is C28H26Cl2N4OS. The number of amides is 1. The number of halogens is 2. The number of hydrogen-bond acceptors (Lipinski definition) is 5. The molecule has 1 amide bonds. The first-order valence-electron chi connectivity index (χ1n) is 11.8. The summed E-state index contributed by atoms with van der Waals surface area (Å²) in [5.74, 6) is 0.0738. The molecule has 0 aliphatic carbocycles. The number of piperazine rings is 1. The Hall–Kier alpha value is -2.77. The molecule has 0 atom stereocenters. The molecule has 184 valence electrons. The van der Waals surface area contributed by atoms with E-state index in [-0.39, 0.29) is 5.91 Å². The van der Waals surface area contributed by atoms with Crippen molar-refractivity contribution in [1.29, 1.82) is 0 Å². The number of aryl methyl sites for hydroxylation is 1. The first-order valence-corrected chi connectivity index (χ1v) is 13.4. The van der Waals surface area contributed by atoms with Crippen LogP contribution in [0, 0.1) is 6.92 Å². The summed E-state index contributed by atoms with van der Waals surface area (Å²) in [4.78, 5) is 23.0. The molecule has 1 saturated heterocycles. The van der Waals surface area contributed by atoms with Crippen molar-refractivity contribution in [3.8, 4) is 0 Å². The maximum atomic E-state index is 13.2. The van der Waals surface area contributed by atoms with Gasteiger partial charge >= 0.3 is 0 Å². The molecule has 1 aliphatic heterocycles. The number of fused-ring (bicyclic) bond motifs is 1. The lowest BCUT2D eigenvalue weighted by molar-refractivity contribution is 0.0628. The third-order valence-electron chi connectivity index (χ3n) is 6.39. The molecule has 0 bridgehead atoms. The fourth-order valence-electron chi connectivity index (χ4n) is 4.37. The zero-order valence-corrected chi connectivity index (χ0v) is 22.2. The second-order valence-corrected chi connectivity index (χ2v) is 10.5. The fraction of sp³-hybridized carbons (Fsp3) is 0.214. The number of benzene rings is 3. The van der Waals surface area contributed by atoms with Crippen LogP contribution in [0.2, 0.25) is 10.0 Å². The van der Waals surface area contributed by atoms with Crippen molar-refractivity contribution in [3.05, 3.63) is 99.7 Å². The molecule has 1 fully saturated rings. The van der Waals surface area contributed by atoms with Gasteiger partial charge in [-0.15, -0.1) is 0 Å². The van der Waals surface area contributed by atoms with Crippen LogP contribution >= 0.6 is 35.1 Å². The van der Waals surface area contributed by atoms with Gasteiger partial charge in [0.25, 0.3) is 5.91 Å². The largest absolute Gasteiger partial charge is 0.336 e. The van der Waals surface area contributed by atoms with Gasteiger partial charge in [-0.05, 0) is 72.5 Å². The second-order valence-electron chi connectivity index (χ2n) is 8.88. The lowest BCUT2D eigenvalue weighted by Crippen LogP contribution is -2.48. The van der Waals surface area contributed by atoms with E-state index in [1.807, 2.05) is 66.6 Å². The summed E-state index contributed by atoms with van der Waals surface area (Å²) in [6.07, 6.45) is 1.81. The molecule has 2 heterocycles. The molecule has 5 rings (SSSR count). The molecule has 1 N–H and O–H groups in total. The quantitative estimate of drug-likeness (QED) is 0.271. The predicted molar refractivity (Wildman–Crippen MR) is 150 cm³/mol. The van der Waals surface area contributed by atoms with Crippen molar-refractivity contribution in [3.63, 3.8) is 0 Å². The van der Waals surface area contributed by atoms with Gasteiger partial charge in [-0.3, -0.25) is 14.7 Å². The van der Waals surface area contributed by atoms with Crippen molar-refractivity contribution in [2.45, 2.75) is 18.4 Å². The highest BCUT2D eigenvalue weighted by molar-refractivity contribution is 8.00. The Morgan fingerprint density at radius 3 is 2.56 bits per heavy atom. The average Bonchev–Trinajstić information content (AvgIpc) is 2.90. The molecule has 36 heavy (non-hydrogen) atoms. The zero-order chi connectivity index (χ0) is 25.1. The molecule has 4 aromatic rings. The lowest BCUT2D eigenvalue weighted by Gasteiger charge is -2.35. The van der Waals surface area contributed by atoms with Crippen molar-refractivity contribution in [2.24, 2.45) is 0 Å². The van der Waals surface area contributed by atoms with Crippen LogP contribution in [0.4, 0.5) is 5.69 Å². The molecule has 8 heteroatoms. The standard InChI is InChI=1S/C28H26Cl2N4OS/c1-19-16-22(8-10-25(19)32-36-26-6-2-4-21-5-3-11-31-27(21)26)28(35)34-14-12-33(13-15-34)18-20-7-9-23(29)24(30)17-20/h2-11,16-17,32H,12-15,18H2,1H3. The maximum absolute atomic E-state index is 13.2. The number of carbonyl (C=O) groups is 1. The van der Waals surface area contributed by atoms with Gasteiger partial charge in [-0.1, -0.05) is 47.5 Å². The summed E-state index contributed by atoms with van der Waals surface area (Å²) >= 11 is 13.7. The summed E-state index contributed by atoms with van der Waals surface area (Å²) in [5, 5.41) is 2.25. The molecule has 0 saturated carbocycles. The van der Waals surface area contributed by atoms with E-state index >= 15 is 0 Å². The molecule has 1 aromatic heterocycles. The van der Waals surface area contributed by atoms with Crippen LogP contribution in [0.15, 0.2) is 77.8 Å². The lowest BCUT2D eigenvalue weighted by atomic mass is 10.1. The molecular weight excluding hydrogens is 511 g/mol. The number of pyridine rings is 1. The van der Waals surface area contributed by atoms with Gasteiger partial charge in [0.2, 0.25) is 0 Å². The Labute approximate surface area is 225 Å². The van der Waals surface area contributed by atoms with Crippen LogP contribution in [-0.2, 0) is 6.54 Å². The Morgan fingerprint density at radius 2 is 1.78 bits per heavy atom. The molecule has 1 aliphatic rings. The summed E-state index contributed by atoms with van der Waals surface area (Å²) in [6.45, 7) is 5.85. The van der Waals surface area contributed by atoms with Crippen LogP contribution in [0.3, 0.4) is 0 Å². The molecule has 0 radical (unpaired) electrons. The monoisotopic (exact) mass is 536 g/mol. The summed E-state index contributed by atoms with van der Waals surface area (Å²) < 4.78 is 3.43. The number of aromatic nitrogens is 1. The normalized spacial score (nSPS) is 14.2. The third-order valence-corrected chi connectivity index (χ3v) is 8.00. The minimum absolute atomic E-state index is 0.0738. The van der Waals surface area contributed by atoms with Crippen molar-refractivity contribution >= 4 is 57.6 Å². The van der Waals surface area contributed by atoms with Gasteiger partial charge in [0.05, 0.1) is 20.5 Å². The summed E-state index contributed by atoms with van der Waals surface area (Å²) in [5.41, 5.74) is 4.82. The Morgan fingerprint density at radius 1 is 0.972 bits per heavy atom. The van der Waals surface area contributed by atoms with Crippen LogP contribution in [-0.4, -0.2) is 46.9 Å². The Balaban J connectivity index is 1.18. The van der Waals surface area contributed by atoms with Gasteiger partial charge in [-0.25, -0.2) is 0 Å². The number of nitrogens with zero attached hydrogens (tertiary/aromatic N) is 3. The van der Waals surface area contributed by atoms with Crippen LogP contribution in [0.1, 0.15) is 21.5 Å². The van der Waals surface area contributed by atoms with E-state index in [2.05, 4.69) is 32.8 Å². The fourth-order valence-corrected chi connectivity index (χ4v) is 5.55. The summed E-state index contributed by atoms with van der Waals surface area (Å²) in [7, 11) is 0. The maximum Gasteiger partial charge on any atom is 0.253 e. The van der Waals surface area contributed by atoms with Gasteiger partial charge in [-0.2, -0.15) is 0 Å². The van der Waals surface area contributed by atoms with Crippen LogP contribution in [0.25, 0.3) is 10.9 Å².